The Balaban J connectivity index is 2.97. The summed E-state index contributed by atoms with van der Waals surface area (Å²) in [5.41, 5.74) is 0.216. The zero-order valence-electron chi connectivity index (χ0n) is 8.98. The maximum Gasteiger partial charge on any atom is 0.309 e. The molecule has 0 aliphatic heterocycles. The quantitative estimate of drug-likeness (QED) is 0.821. The predicted molar refractivity (Wildman–Crippen MR) is 54.7 cm³/mol. The number of ether oxygens (including phenoxy) is 1. The highest BCUT2D eigenvalue weighted by Gasteiger charge is 2.23. The summed E-state index contributed by atoms with van der Waals surface area (Å²) in [6, 6.07) is 3.86. The normalized spacial score (nSPS) is 14.2. The molecule has 2 atom stereocenters. The number of aliphatic hydroxyl groups excluding tert-OH is 1. The van der Waals surface area contributed by atoms with Crippen molar-refractivity contribution in [3.8, 4) is 5.75 Å². The number of rotatable bonds is 4. The van der Waals surface area contributed by atoms with E-state index in [1.54, 1.807) is 0 Å². The molecule has 2 unspecified atom stereocenters. The Kier molecular flexibility index (Phi) is 3.84. The van der Waals surface area contributed by atoms with Crippen LogP contribution >= 0.6 is 0 Å². The van der Waals surface area contributed by atoms with E-state index in [4.69, 9.17) is 9.84 Å². The number of halogens is 1. The second kappa shape index (κ2) is 4.94. The Morgan fingerprint density at radius 2 is 2.12 bits per heavy atom. The van der Waals surface area contributed by atoms with Gasteiger partial charge in [0, 0.05) is 0 Å². The van der Waals surface area contributed by atoms with Crippen molar-refractivity contribution in [2.24, 2.45) is 5.92 Å². The molecular weight excluding hydrogens is 215 g/mol. The number of carboxylic acid groups (broad SMARTS) is 1. The van der Waals surface area contributed by atoms with Crippen LogP contribution in [0, 0.1) is 11.7 Å². The molecule has 0 saturated carbocycles. The first kappa shape index (κ1) is 12.4. The van der Waals surface area contributed by atoms with Gasteiger partial charge < -0.3 is 14.9 Å². The van der Waals surface area contributed by atoms with Crippen LogP contribution in [0.5, 0.6) is 5.75 Å². The Hall–Kier alpha value is -1.62. The smallest absolute Gasteiger partial charge is 0.309 e. The third-order valence-electron chi connectivity index (χ3n) is 2.38. The first-order chi connectivity index (χ1) is 7.47. The second-order valence-corrected chi connectivity index (χ2v) is 3.47. The molecule has 0 saturated heterocycles. The highest BCUT2D eigenvalue weighted by Crippen LogP contribution is 2.26. The zero-order valence-corrected chi connectivity index (χ0v) is 8.98. The lowest BCUT2D eigenvalue weighted by atomic mass is 9.97. The van der Waals surface area contributed by atoms with Crippen LogP contribution in [0.15, 0.2) is 18.2 Å². The van der Waals surface area contributed by atoms with E-state index in [1.165, 1.54) is 26.2 Å². The molecule has 0 heterocycles. The van der Waals surface area contributed by atoms with E-state index in [1.807, 2.05) is 0 Å². The van der Waals surface area contributed by atoms with Crippen LogP contribution in [-0.2, 0) is 4.79 Å². The predicted octanol–water partition coefficient (Wildman–Crippen LogP) is 1.59. The summed E-state index contributed by atoms with van der Waals surface area (Å²) in [6.45, 7) is 1.36. The fourth-order valence-corrected chi connectivity index (χ4v) is 1.29. The Bertz CT molecular complexity index is 392. The number of methoxy groups -OCH3 is 1. The number of aliphatic carboxylic acids is 1. The summed E-state index contributed by atoms with van der Waals surface area (Å²) >= 11 is 0. The fraction of sp³-hybridized carbons (Fsp3) is 0.364. The molecule has 0 radical (unpaired) electrons. The lowest BCUT2D eigenvalue weighted by molar-refractivity contribution is -0.145. The number of hydrogen-bond donors (Lipinski definition) is 2. The Morgan fingerprint density at radius 1 is 1.50 bits per heavy atom. The van der Waals surface area contributed by atoms with Gasteiger partial charge in [0.05, 0.1) is 19.1 Å². The van der Waals surface area contributed by atoms with Crippen LogP contribution in [0.25, 0.3) is 0 Å². The number of aliphatic hydroxyl groups is 1. The molecule has 88 valence electrons. The lowest BCUT2D eigenvalue weighted by Gasteiger charge is -2.15. The molecule has 0 amide bonds. The number of hydrogen-bond acceptors (Lipinski definition) is 3. The molecule has 4 nitrogen and oxygen atoms in total. The minimum absolute atomic E-state index is 0.0546. The van der Waals surface area contributed by atoms with Crippen LogP contribution in [0.3, 0.4) is 0 Å². The van der Waals surface area contributed by atoms with E-state index in [2.05, 4.69) is 0 Å². The largest absolute Gasteiger partial charge is 0.494 e. The molecule has 5 heteroatoms. The average Bonchev–Trinajstić information content (AvgIpc) is 2.26. The first-order valence-electron chi connectivity index (χ1n) is 4.71. The van der Waals surface area contributed by atoms with Crippen molar-refractivity contribution in [1.82, 2.24) is 0 Å². The molecule has 0 fully saturated rings. The van der Waals surface area contributed by atoms with Crippen molar-refractivity contribution < 1.29 is 24.1 Å². The van der Waals surface area contributed by atoms with Crippen molar-refractivity contribution in [1.29, 1.82) is 0 Å². The summed E-state index contributed by atoms with van der Waals surface area (Å²) < 4.78 is 18.0. The number of benzene rings is 1. The van der Waals surface area contributed by atoms with Gasteiger partial charge in [-0.1, -0.05) is 6.07 Å². The van der Waals surface area contributed by atoms with Gasteiger partial charge in [-0.15, -0.1) is 0 Å². The van der Waals surface area contributed by atoms with Crippen molar-refractivity contribution >= 4 is 5.97 Å². The molecule has 0 spiro atoms. The monoisotopic (exact) mass is 228 g/mol. The van der Waals surface area contributed by atoms with Gasteiger partial charge in [0.2, 0.25) is 0 Å². The van der Waals surface area contributed by atoms with E-state index in [9.17, 15) is 14.3 Å². The molecule has 0 bridgehead atoms. The van der Waals surface area contributed by atoms with Crippen molar-refractivity contribution in [2.75, 3.05) is 7.11 Å². The number of carbonyl (C=O) groups is 1. The van der Waals surface area contributed by atoms with Gasteiger partial charge in [-0.25, -0.2) is 4.39 Å². The standard InChI is InChI=1S/C11H13FO4/c1-6(11(14)15)10(13)7-3-4-9(16-2)8(12)5-7/h3-6,10,13H,1-2H3,(H,14,15). The first-order valence-corrected chi connectivity index (χ1v) is 4.71. The van der Waals surface area contributed by atoms with Crippen LogP contribution < -0.4 is 4.74 Å². The minimum atomic E-state index is -1.24. The average molecular weight is 228 g/mol. The summed E-state index contributed by atoms with van der Waals surface area (Å²) in [4.78, 5) is 10.6. The SMILES string of the molecule is COc1ccc(C(O)C(C)C(=O)O)cc1F. The summed E-state index contributed by atoms with van der Waals surface area (Å²) in [6.07, 6.45) is -1.24. The van der Waals surface area contributed by atoms with Crippen LogP contribution in [0.1, 0.15) is 18.6 Å². The van der Waals surface area contributed by atoms with Crippen LogP contribution in [-0.4, -0.2) is 23.3 Å². The van der Waals surface area contributed by atoms with E-state index >= 15 is 0 Å². The maximum atomic E-state index is 13.3. The molecule has 2 N–H and O–H groups in total. The molecule has 0 aromatic heterocycles. The van der Waals surface area contributed by atoms with Crippen LogP contribution in [0.4, 0.5) is 4.39 Å². The van der Waals surface area contributed by atoms with Gasteiger partial charge in [-0.3, -0.25) is 4.79 Å². The highest BCUT2D eigenvalue weighted by molar-refractivity contribution is 5.70. The summed E-state index contributed by atoms with van der Waals surface area (Å²) in [5.74, 6) is -2.70. The highest BCUT2D eigenvalue weighted by atomic mass is 19.1. The third-order valence-corrected chi connectivity index (χ3v) is 2.38. The Morgan fingerprint density at radius 3 is 2.56 bits per heavy atom. The zero-order chi connectivity index (χ0) is 12.3. The van der Waals surface area contributed by atoms with Gasteiger partial charge in [-0.05, 0) is 24.6 Å². The second-order valence-electron chi connectivity index (χ2n) is 3.47. The van der Waals surface area contributed by atoms with E-state index < -0.39 is 23.8 Å². The van der Waals surface area contributed by atoms with Gasteiger partial charge in [0.1, 0.15) is 0 Å². The molecule has 1 aromatic carbocycles. The van der Waals surface area contributed by atoms with Gasteiger partial charge in [-0.2, -0.15) is 0 Å². The lowest BCUT2D eigenvalue weighted by Crippen LogP contribution is -2.18. The third kappa shape index (κ3) is 2.49. The van der Waals surface area contributed by atoms with Gasteiger partial charge in [0.25, 0.3) is 0 Å². The van der Waals surface area contributed by atoms with Crippen molar-refractivity contribution in [3.05, 3.63) is 29.6 Å². The molecule has 1 aromatic rings. The van der Waals surface area contributed by atoms with E-state index in [-0.39, 0.29) is 11.3 Å². The summed E-state index contributed by atoms with van der Waals surface area (Å²) in [5, 5.41) is 18.4. The van der Waals surface area contributed by atoms with E-state index in [0.29, 0.717) is 0 Å². The molecule has 0 aliphatic rings. The maximum absolute atomic E-state index is 13.3. The Labute approximate surface area is 92.3 Å². The van der Waals surface area contributed by atoms with Crippen LogP contribution in [0.2, 0.25) is 0 Å². The molecule has 1 rings (SSSR count). The van der Waals surface area contributed by atoms with Crippen molar-refractivity contribution in [3.63, 3.8) is 0 Å². The van der Waals surface area contributed by atoms with Gasteiger partial charge >= 0.3 is 5.97 Å². The van der Waals surface area contributed by atoms with Gasteiger partial charge in [0.15, 0.2) is 11.6 Å². The summed E-state index contributed by atoms with van der Waals surface area (Å²) in [7, 11) is 1.33. The topological polar surface area (TPSA) is 66.8 Å². The van der Waals surface area contributed by atoms with E-state index in [0.717, 1.165) is 6.07 Å². The van der Waals surface area contributed by atoms with Crippen molar-refractivity contribution in [2.45, 2.75) is 13.0 Å². The fourth-order valence-electron chi connectivity index (χ4n) is 1.29. The molecular formula is C11H13FO4. The number of carboxylic acids is 1. The minimum Gasteiger partial charge on any atom is -0.494 e. The molecule has 0 aliphatic carbocycles. The molecule has 16 heavy (non-hydrogen) atoms.